The summed E-state index contributed by atoms with van der Waals surface area (Å²) in [6.07, 6.45) is 0. The number of carbonyl (C=O) groups excluding carboxylic acids is 1. The van der Waals surface area contributed by atoms with Crippen molar-refractivity contribution < 1.29 is 27.9 Å². The molecule has 0 atom stereocenters. The van der Waals surface area contributed by atoms with Gasteiger partial charge in [-0.25, -0.2) is 4.79 Å². The van der Waals surface area contributed by atoms with Gasteiger partial charge in [0.05, 0.1) is 17.0 Å². The SMILES string of the molecule is CNC(=O)N(OC)S(=O)(=O)c1cc([N+](=O)[O-])c(N(C(C)C)C(C)C)c([N+](=O)[O-])c1. The van der Waals surface area contributed by atoms with E-state index in [1.165, 1.54) is 4.90 Å². The van der Waals surface area contributed by atoms with Gasteiger partial charge in [-0.3, -0.25) is 25.1 Å². The molecule has 1 N–H and O–H groups in total. The average Bonchev–Trinajstić information content (AvgIpc) is 2.60. The maximum atomic E-state index is 12.7. The summed E-state index contributed by atoms with van der Waals surface area (Å²) < 4.78 is 25.4. The number of hydrogen-bond acceptors (Lipinski definition) is 9. The van der Waals surface area contributed by atoms with Crippen molar-refractivity contribution in [1.29, 1.82) is 0 Å². The van der Waals surface area contributed by atoms with Crippen molar-refractivity contribution >= 4 is 33.1 Å². The Morgan fingerprint density at radius 1 is 1.07 bits per heavy atom. The summed E-state index contributed by atoms with van der Waals surface area (Å²) in [5.41, 5.74) is -1.89. The number of hydrogen-bond donors (Lipinski definition) is 1. The molecule has 0 radical (unpaired) electrons. The molecule has 0 aromatic heterocycles. The minimum Gasteiger partial charge on any atom is -0.355 e. The largest absolute Gasteiger partial charge is 0.356 e. The van der Waals surface area contributed by atoms with Crippen LogP contribution in [0.1, 0.15) is 27.7 Å². The van der Waals surface area contributed by atoms with Crippen LogP contribution in [-0.2, 0) is 14.9 Å². The number of nitrogens with one attached hydrogen (secondary N) is 1. The lowest BCUT2D eigenvalue weighted by Gasteiger charge is -2.32. The first-order valence-electron chi connectivity index (χ1n) is 8.37. The number of nitro benzene ring substituents is 2. The third-order valence-corrected chi connectivity index (χ3v) is 5.45. The molecule has 1 rings (SSSR count). The Kier molecular flexibility index (Phi) is 7.46. The molecule has 14 heteroatoms. The van der Waals surface area contributed by atoms with E-state index >= 15 is 0 Å². The van der Waals surface area contributed by atoms with Gasteiger partial charge in [0.1, 0.15) is 4.90 Å². The molecule has 0 saturated carbocycles. The van der Waals surface area contributed by atoms with E-state index in [2.05, 4.69) is 4.84 Å². The Morgan fingerprint density at radius 2 is 1.48 bits per heavy atom. The van der Waals surface area contributed by atoms with E-state index in [0.29, 0.717) is 12.1 Å². The van der Waals surface area contributed by atoms with Gasteiger partial charge in [-0.15, -0.1) is 0 Å². The molecule has 2 amide bonds. The van der Waals surface area contributed by atoms with Crippen molar-refractivity contribution in [3.63, 3.8) is 0 Å². The molecule has 162 valence electrons. The Morgan fingerprint density at radius 3 is 1.76 bits per heavy atom. The molecule has 1 aromatic rings. The minimum atomic E-state index is -4.79. The van der Waals surface area contributed by atoms with Crippen molar-refractivity contribution in [1.82, 2.24) is 9.79 Å². The Balaban J connectivity index is 3.96. The first-order chi connectivity index (χ1) is 13.3. The average molecular weight is 433 g/mol. The van der Waals surface area contributed by atoms with E-state index in [0.717, 1.165) is 14.2 Å². The lowest BCUT2D eigenvalue weighted by Crippen LogP contribution is -2.41. The van der Waals surface area contributed by atoms with Crippen LogP contribution in [-0.4, -0.2) is 55.0 Å². The monoisotopic (exact) mass is 433 g/mol. The number of nitro groups is 2. The van der Waals surface area contributed by atoms with Gasteiger partial charge in [-0.05, 0) is 27.7 Å². The van der Waals surface area contributed by atoms with Crippen molar-refractivity contribution in [3.05, 3.63) is 32.4 Å². The first-order valence-corrected chi connectivity index (χ1v) is 9.81. The molecule has 1 aromatic carbocycles. The summed E-state index contributed by atoms with van der Waals surface area (Å²) in [6, 6.07) is -0.574. The lowest BCUT2D eigenvalue weighted by molar-refractivity contribution is -0.393. The van der Waals surface area contributed by atoms with Gasteiger partial charge in [0.2, 0.25) is 0 Å². The maximum absolute atomic E-state index is 12.7. The molecule has 29 heavy (non-hydrogen) atoms. The molecule has 0 aliphatic heterocycles. The molecule has 0 bridgehead atoms. The zero-order chi connectivity index (χ0) is 22.7. The smallest absolute Gasteiger partial charge is 0.355 e. The molecule has 0 fully saturated rings. The van der Waals surface area contributed by atoms with Crippen molar-refractivity contribution in [3.8, 4) is 0 Å². The van der Waals surface area contributed by atoms with Crippen LogP contribution in [0.4, 0.5) is 21.9 Å². The number of benzene rings is 1. The molecule has 13 nitrogen and oxygen atoms in total. The fourth-order valence-electron chi connectivity index (χ4n) is 2.86. The van der Waals surface area contributed by atoms with Crippen LogP contribution in [0.3, 0.4) is 0 Å². The van der Waals surface area contributed by atoms with Gasteiger partial charge >= 0.3 is 17.4 Å². The molecule has 0 saturated heterocycles. The zero-order valence-corrected chi connectivity index (χ0v) is 17.6. The second-order valence-corrected chi connectivity index (χ2v) is 8.14. The topological polar surface area (TPSA) is 165 Å². The predicted molar refractivity (Wildman–Crippen MR) is 103 cm³/mol. The zero-order valence-electron chi connectivity index (χ0n) is 16.8. The minimum absolute atomic E-state index is 0.0574. The van der Waals surface area contributed by atoms with E-state index in [4.69, 9.17) is 0 Å². The maximum Gasteiger partial charge on any atom is 0.356 e. The molecule has 0 unspecified atom stereocenters. The molecular formula is C15H23N5O8S. The second kappa shape index (κ2) is 9.00. The van der Waals surface area contributed by atoms with Crippen LogP contribution >= 0.6 is 0 Å². The van der Waals surface area contributed by atoms with E-state index in [1.807, 2.05) is 5.32 Å². The standard InChI is InChI=1S/C15H23N5O8S/c1-9(2)17(10(3)4)14-12(18(22)23)7-11(8-13(14)19(24)25)29(26,27)20(28-6)15(21)16-5/h7-10H,1-6H3,(H,16,21). The van der Waals surface area contributed by atoms with Gasteiger partial charge in [0, 0.05) is 31.3 Å². The third kappa shape index (κ3) is 4.71. The van der Waals surface area contributed by atoms with Crippen molar-refractivity contribution in [2.45, 2.75) is 44.7 Å². The second-order valence-electron chi connectivity index (χ2n) is 6.39. The molecular weight excluding hydrogens is 410 g/mol. The Bertz CT molecular complexity index is 872. The van der Waals surface area contributed by atoms with Crippen LogP contribution < -0.4 is 10.2 Å². The quantitative estimate of drug-likeness (QED) is 0.476. The third-order valence-electron chi connectivity index (χ3n) is 3.87. The van der Waals surface area contributed by atoms with Crippen LogP contribution in [0.2, 0.25) is 0 Å². The van der Waals surface area contributed by atoms with Gasteiger partial charge in [-0.1, -0.05) is 4.47 Å². The number of urea groups is 1. The molecule has 0 heterocycles. The number of hydroxylamine groups is 1. The highest BCUT2D eigenvalue weighted by Crippen LogP contribution is 2.42. The van der Waals surface area contributed by atoms with E-state index < -0.39 is 42.2 Å². The highest BCUT2D eigenvalue weighted by Gasteiger charge is 2.38. The Labute approximate surface area is 167 Å². The fourth-order valence-corrected chi connectivity index (χ4v) is 4.08. The highest BCUT2D eigenvalue weighted by atomic mass is 32.2. The number of sulfonamides is 1. The number of anilines is 1. The van der Waals surface area contributed by atoms with E-state index in [-0.39, 0.29) is 22.2 Å². The van der Waals surface area contributed by atoms with Gasteiger partial charge < -0.3 is 10.2 Å². The summed E-state index contributed by atoms with van der Waals surface area (Å²) in [5.74, 6) is 0. The summed E-state index contributed by atoms with van der Waals surface area (Å²) in [6.45, 7) is 6.76. The van der Waals surface area contributed by atoms with Gasteiger partial charge in [0.15, 0.2) is 5.69 Å². The fraction of sp³-hybridized carbons (Fsp3) is 0.533. The number of rotatable bonds is 8. The van der Waals surface area contributed by atoms with Crippen molar-refractivity contribution in [2.75, 3.05) is 19.1 Å². The number of amides is 2. The molecule has 0 spiro atoms. The summed E-state index contributed by atoms with van der Waals surface area (Å²) in [4.78, 5) is 38.5. The number of nitrogens with zero attached hydrogens (tertiary/aromatic N) is 4. The van der Waals surface area contributed by atoms with Crippen molar-refractivity contribution in [2.24, 2.45) is 0 Å². The summed E-state index contributed by atoms with van der Waals surface area (Å²) >= 11 is 0. The predicted octanol–water partition coefficient (Wildman–Crippen LogP) is 2.02. The lowest BCUT2D eigenvalue weighted by atomic mass is 10.1. The van der Waals surface area contributed by atoms with E-state index in [9.17, 15) is 33.4 Å². The molecule has 0 aliphatic carbocycles. The van der Waals surface area contributed by atoms with Gasteiger partial charge in [-0.2, -0.15) is 8.42 Å². The van der Waals surface area contributed by atoms with Crippen LogP contribution in [0.5, 0.6) is 0 Å². The summed E-state index contributed by atoms with van der Waals surface area (Å²) in [5, 5.41) is 25.4. The van der Waals surface area contributed by atoms with Crippen LogP contribution in [0.15, 0.2) is 17.0 Å². The van der Waals surface area contributed by atoms with Gasteiger partial charge in [0.25, 0.3) is 10.0 Å². The normalized spacial score (nSPS) is 11.4. The number of carbonyl (C=O) groups is 1. The summed E-state index contributed by atoms with van der Waals surface area (Å²) in [7, 11) is -2.75. The van der Waals surface area contributed by atoms with E-state index in [1.54, 1.807) is 27.7 Å². The first kappa shape index (κ1) is 24.0. The molecule has 0 aliphatic rings. The van der Waals surface area contributed by atoms with Crippen LogP contribution in [0, 0.1) is 20.2 Å². The highest BCUT2D eigenvalue weighted by molar-refractivity contribution is 7.89. The van der Waals surface area contributed by atoms with Crippen LogP contribution in [0.25, 0.3) is 0 Å². The Hall–Kier alpha value is -3.00.